The molecule has 1 aromatic carbocycles. The molecule has 112 valence electrons. The molecule has 3 heteroatoms. The van der Waals surface area contributed by atoms with Crippen LogP contribution >= 0.6 is 0 Å². The Bertz CT molecular complexity index is 413. The number of para-hydroxylation sites is 1. The molecule has 1 fully saturated rings. The summed E-state index contributed by atoms with van der Waals surface area (Å²) < 4.78 is 5.44. The molecular weight excluding hydrogens is 248 g/mol. The van der Waals surface area contributed by atoms with Crippen molar-refractivity contribution < 1.29 is 4.74 Å². The van der Waals surface area contributed by atoms with E-state index in [1.54, 1.807) is 7.11 Å². The van der Waals surface area contributed by atoms with Gasteiger partial charge in [-0.05, 0) is 37.9 Å². The molecule has 3 nitrogen and oxygen atoms in total. The van der Waals surface area contributed by atoms with Gasteiger partial charge in [0.05, 0.1) is 7.11 Å². The van der Waals surface area contributed by atoms with Crippen LogP contribution in [-0.4, -0.2) is 32.1 Å². The number of rotatable bonds is 6. The summed E-state index contributed by atoms with van der Waals surface area (Å²) in [4.78, 5) is 2.40. The smallest absolute Gasteiger partial charge is 0.123 e. The lowest BCUT2D eigenvalue weighted by Crippen LogP contribution is -2.42. The third-order valence-electron chi connectivity index (χ3n) is 4.59. The first-order valence-electron chi connectivity index (χ1n) is 7.70. The first-order valence-corrected chi connectivity index (χ1v) is 7.70. The highest BCUT2D eigenvalue weighted by Gasteiger charge is 2.31. The van der Waals surface area contributed by atoms with Crippen LogP contribution in [0.3, 0.4) is 0 Å². The number of hydrogen-bond acceptors (Lipinski definition) is 3. The highest BCUT2D eigenvalue weighted by Crippen LogP contribution is 2.36. The molecule has 1 aliphatic carbocycles. The fourth-order valence-electron chi connectivity index (χ4n) is 3.48. The van der Waals surface area contributed by atoms with Crippen molar-refractivity contribution in [3.8, 4) is 5.75 Å². The number of hydrogen-bond donors (Lipinski definition) is 1. The van der Waals surface area contributed by atoms with Crippen LogP contribution in [0.25, 0.3) is 0 Å². The third-order valence-corrected chi connectivity index (χ3v) is 4.59. The van der Waals surface area contributed by atoms with E-state index >= 15 is 0 Å². The zero-order chi connectivity index (χ0) is 14.4. The zero-order valence-electron chi connectivity index (χ0n) is 12.9. The predicted octanol–water partition coefficient (Wildman–Crippen LogP) is 3.04. The fourth-order valence-corrected chi connectivity index (χ4v) is 3.48. The molecule has 2 rings (SSSR count). The number of methoxy groups -OCH3 is 1. The van der Waals surface area contributed by atoms with E-state index in [0.29, 0.717) is 5.41 Å². The minimum atomic E-state index is 0.328. The SMILES string of the molecule is COc1ccccc1CN(C)CC1(CN)CCCCC1. The van der Waals surface area contributed by atoms with Crippen molar-refractivity contribution in [1.82, 2.24) is 4.90 Å². The minimum Gasteiger partial charge on any atom is -0.496 e. The standard InChI is InChI=1S/C17H28N2O/c1-19(12-15-8-4-5-9-16(15)20-2)14-17(13-18)10-6-3-7-11-17/h4-5,8-9H,3,6-7,10-14,18H2,1-2H3. The fraction of sp³-hybridized carbons (Fsp3) is 0.647. The molecule has 1 aromatic rings. The molecule has 0 saturated heterocycles. The van der Waals surface area contributed by atoms with Crippen LogP contribution in [0.1, 0.15) is 37.7 Å². The van der Waals surface area contributed by atoms with Gasteiger partial charge in [0.2, 0.25) is 0 Å². The van der Waals surface area contributed by atoms with Gasteiger partial charge in [-0.15, -0.1) is 0 Å². The summed E-state index contributed by atoms with van der Waals surface area (Å²) in [5.74, 6) is 0.977. The number of ether oxygens (including phenoxy) is 1. The Labute approximate surface area is 123 Å². The van der Waals surface area contributed by atoms with Crippen LogP contribution in [0, 0.1) is 5.41 Å². The quantitative estimate of drug-likeness (QED) is 0.868. The molecule has 0 bridgehead atoms. The van der Waals surface area contributed by atoms with Gasteiger partial charge in [-0.3, -0.25) is 0 Å². The van der Waals surface area contributed by atoms with Crippen molar-refractivity contribution in [2.75, 3.05) is 27.2 Å². The number of benzene rings is 1. The van der Waals surface area contributed by atoms with Gasteiger partial charge in [0.15, 0.2) is 0 Å². The summed E-state index contributed by atoms with van der Waals surface area (Å²) in [6.45, 7) is 2.82. The normalized spacial score (nSPS) is 18.2. The van der Waals surface area contributed by atoms with E-state index in [9.17, 15) is 0 Å². The molecule has 0 aliphatic heterocycles. The Morgan fingerprint density at radius 1 is 1.20 bits per heavy atom. The van der Waals surface area contributed by atoms with Crippen LogP contribution in [0.4, 0.5) is 0 Å². The highest BCUT2D eigenvalue weighted by atomic mass is 16.5. The Morgan fingerprint density at radius 2 is 1.90 bits per heavy atom. The van der Waals surface area contributed by atoms with Gasteiger partial charge in [0.1, 0.15) is 5.75 Å². The molecule has 0 spiro atoms. The van der Waals surface area contributed by atoms with Gasteiger partial charge >= 0.3 is 0 Å². The second kappa shape index (κ2) is 7.09. The summed E-state index contributed by atoms with van der Waals surface area (Å²) in [5.41, 5.74) is 7.66. The maximum absolute atomic E-state index is 6.08. The van der Waals surface area contributed by atoms with Gasteiger partial charge in [0, 0.05) is 18.7 Å². The molecule has 1 saturated carbocycles. The topological polar surface area (TPSA) is 38.5 Å². The van der Waals surface area contributed by atoms with Gasteiger partial charge in [-0.2, -0.15) is 0 Å². The van der Waals surface area contributed by atoms with Crippen molar-refractivity contribution in [1.29, 1.82) is 0 Å². The van der Waals surface area contributed by atoms with Crippen molar-refractivity contribution in [2.24, 2.45) is 11.1 Å². The molecule has 2 N–H and O–H groups in total. The molecule has 0 atom stereocenters. The first-order chi connectivity index (χ1) is 9.69. The van der Waals surface area contributed by atoms with E-state index in [1.807, 2.05) is 12.1 Å². The summed E-state index contributed by atoms with van der Waals surface area (Å²) in [6, 6.07) is 8.27. The zero-order valence-corrected chi connectivity index (χ0v) is 12.9. The average molecular weight is 276 g/mol. The van der Waals surface area contributed by atoms with Crippen LogP contribution in [0.5, 0.6) is 5.75 Å². The maximum atomic E-state index is 6.08. The number of nitrogens with zero attached hydrogens (tertiary/aromatic N) is 1. The lowest BCUT2D eigenvalue weighted by atomic mass is 9.73. The predicted molar refractivity (Wildman–Crippen MR) is 83.9 cm³/mol. The summed E-state index contributed by atoms with van der Waals surface area (Å²) >= 11 is 0. The highest BCUT2D eigenvalue weighted by molar-refractivity contribution is 5.33. The molecule has 0 amide bonds. The third kappa shape index (κ3) is 3.74. The van der Waals surface area contributed by atoms with E-state index in [-0.39, 0.29) is 0 Å². The Balaban J connectivity index is 1.99. The maximum Gasteiger partial charge on any atom is 0.123 e. The van der Waals surface area contributed by atoms with Crippen molar-refractivity contribution in [3.05, 3.63) is 29.8 Å². The van der Waals surface area contributed by atoms with Gasteiger partial charge in [-0.25, -0.2) is 0 Å². The molecule has 1 aliphatic rings. The van der Waals surface area contributed by atoms with E-state index in [2.05, 4.69) is 24.1 Å². The molecule has 20 heavy (non-hydrogen) atoms. The van der Waals surface area contributed by atoms with Gasteiger partial charge in [-0.1, -0.05) is 37.5 Å². The molecule has 0 aromatic heterocycles. The molecule has 0 heterocycles. The second-order valence-corrected chi connectivity index (χ2v) is 6.25. The van der Waals surface area contributed by atoms with Crippen molar-refractivity contribution in [2.45, 2.75) is 38.6 Å². The van der Waals surface area contributed by atoms with Crippen LogP contribution in [0.2, 0.25) is 0 Å². The molecular formula is C17H28N2O. The minimum absolute atomic E-state index is 0.328. The van der Waals surface area contributed by atoms with Crippen molar-refractivity contribution in [3.63, 3.8) is 0 Å². The molecule has 0 unspecified atom stereocenters. The first kappa shape index (κ1) is 15.3. The van der Waals surface area contributed by atoms with E-state index < -0.39 is 0 Å². The summed E-state index contributed by atoms with van der Waals surface area (Å²) in [6.07, 6.45) is 6.59. The second-order valence-electron chi connectivity index (χ2n) is 6.25. The van der Waals surface area contributed by atoms with E-state index in [4.69, 9.17) is 10.5 Å². The monoisotopic (exact) mass is 276 g/mol. The Morgan fingerprint density at radius 3 is 2.55 bits per heavy atom. The van der Waals surface area contributed by atoms with E-state index in [1.165, 1.54) is 37.7 Å². The van der Waals surface area contributed by atoms with Gasteiger partial charge in [0.25, 0.3) is 0 Å². The summed E-state index contributed by atoms with van der Waals surface area (Å²) in [5, 5.41) is 0. The average Bonchev–Trinajstić information content (AvgIpc) is 2.48. The molecule has 0 radical (unpaired) electrons. The summed E-state index contributed by atoms with van der Waals surface area (Å²) in [7, 11) is 3.93. The Hall–Kier alpha value is -1.06. The Kier molecular flexibility index (Phi) is 5.44. The van der Waals surface area contributed by atoms with E-state index in [0.717, 1.165) is 25.4 Å². The lowest BCUT2D eigenvalue weighted by molar-refractivity contribution is 0.123. The van der Waals surface area contributed by atoms with Crippen LogP contribution in [-0.2, 0) is 6.54 Å². The largest absolute Gasteiger partial charge is 0.496 e. The van der Waals surface area contributed by atoms with Gasteiger partial charge < -0.3 is 15.4 Å². The van der Waals surface area contributed by atoms with Crippen LogP contribution < -0.4 is 10.5 Å². The van der Waals surface area contributed by atoms with Crippen LogP contribution in [0.15, 0.2) is 24.3 Å². The van der Waals surface area contributed by atoms with Crippen molar-refractivity contribution >= 4 is 0 Å². The lowest BCUT2D eigenvalue weighted by Gasteiger charge is -2.39. The number of nitrogens with two attached hydrogens (primary N) is 1.